The Balaban J connectivity index is 0.000000516. The van der Waals surface area contributed by atoms with Crippen molar-refractivity contribution in [2.24, 2.45) is 0 Å². The molecule has 0 saturated heterocycles. The fourth-order valence-corrected chi connectivity index (χ4v) is 3.02. The number of alkyl halides is 3. The number of rotatable bonds is 8. The minimum atomic E-state index is -5.19. The number of carbonyl (C=O) groups is 1. The van der Waals surface area contributed by atoms with Crippen LogP contribution in [0.1, 0.15) is 17.7 Å². The third kappa shape index (κ3) is 6.98. The van der Waals surface area contributed by atoms with Gasteiger partial charge in [0.05, 0.1) is 31.0 Å². The van der Waals surface area contributed by atoms with Crippen LogP contribution in [0.5, 0.6) is 11.5 Å². The van der Waals surface area contributed by atoms with E-state index >= 15 is 0 Å². The highest BCUT2D eigenvalue weighted by Gasteiger charge is 2.29. The molecule has 2 rings (SSSR count). The number of thiophene rings is 1. The lowest BCUT2D eigenvalue weighted by Gasteiger charge is -2.14. The number of carbonyl (C=O) groups excluding carboxylic acids is 1. The average Bonchev–Trinajstić information content (AvgIpc) is 3.03. The lowest BCUT2D eigenvalue weighted by atomic mass is 10.2. The average molecular weight is 445 g/mol. The first kappa shape index (κ1) is 24.9. The molecule has 0 radical (unpaired) electrons. The van der Waals surface area contributed by atoms with E-state index in [2.05, 4.69) is 11.5 Å². The van der Waals surface area contributed by atoms with Gasteiger partial charge in [-0.1, -0.05) is 0 Å². The van der Waals surface area contributed by atoms with Crippen molar-refractivity contribution < 1.29 is 52.8 Å². The number of quaternary nitrogens is 2. The monoisotopic (exact) mass is 445 g/mol. The number of carboxylic acid groups (broad SMARTS) is 1. The summed E-state index contributed by atoms with van der Waals surface area (Å²) in [7, 11) is 0. The predicted molar refractivity (Wildman–Crippen MR) is 93.3 cm³/mol. The number of fused-ring (bicyclic) bond motifs is 1. The molecule has 0 spiro atoms. The van der Waals surface area contributed by atoms with Gasteiger partial charge in [0.2, 0.25) is 11.5 Å². The zero-order chi connectivity index (χ0) is 22.2. The topological polar surface area (TPSA) is 114 Å². The van der Waals surface area contributed by atoms with Gasteiger partial charge in [0.15, 0.2) is 11.6 Å². The maximum Gasteiger partial charge on any atom is 0.430 e. The maximum atomic E-state index is 14.7. The molecule has 6 N–H and O–H groups in total. The van der Waals surface area contributed by atoms with Gasteiger partial charge in [-0.25, -0.2) is 8.78 Å². The highest BCUT2D eigenvalue weighted by molar-refractivity contribution is 7.19. The van der Waals surface area contributed by atoms with Crippen LogP contribution in [0.3, 0.4) is 0 Å². The van der Waals surface area contributed by atoms with Crippen molar-refractivity contribution in [1.29, 1.82) is 0 Å². The summed E-state index contributed by atoms with van der Waals surface area (Å²) in [6.07, 6.45) is -3.86. The van der Waals surface area contributed by atoms with E-state index in [9.17, 15) is 22.0 Å². The number of hydrogen-bond donors (Lipinski definition) is 2. The van der Waals surface area contributed by atoms with E-state index in [1.807, 2.05) is 6.92 Å². The van der Waals surface area contributed by atoms with Crippen LogP contribution in [0.4, 0.5) is 22.0 Å². The predicted octanol–water partition coefficient (Wildman–Crippen LogP) is 0.808. The van der Waals surface area contributed by atoms with Crippen LogP contribution >= 0.6 is 11.3 Å². The molecule has 12 heteroatoms. The van der Waals surface area contributed by atoms with Gasteiger partial charge in [-0.2, -0.15) is 13.2 Å². The van der Waals surface area contributed by atoms with Gasteiger partial charge in [-0.05, 0) is 13.0 Å². The van der Waals surface area contributed by atoms with Crippen molar-refractivity contribution in [3.63, 3.8) is 0 Å². The largest absolute Gasteiger partial charge is 0.542 e. The van der Waals surface area contributed by atoms with Crippen LogP contribution < -0.4 is 26.0 Å². The first-order chi connectivity index (χ1) is 13.5. The molecule has 0 fully saturated rings. The number of benzene rings is 1. The summed E-state index contributed by atoms with van der Waals surface area (Å²) in [5.74, 6) is -4.39. The maximum absolute atomic E-state index is 14.7. The van der Waals surface area contributed by atoms with Gasteiger partial charge >= 0.3 is 6.18 Å². The molecule has 0 saturated carbocycles. The molecule has 29 heavy (non-hydrogen) atoms. The Morgan fingerprint density at radius 1 is 1.07 bits per heavy atom. The summed E-state index contributed by atoms with van der Waals surface area (Å²) in [5, 5.41) is 9.03. The number of carboxylic acids is 1. The highest BCUT2D eigenvalue weighted by Crippen LogP contribution is 2.43. The van der Waals surface area contributed by atoms with Gasteiger partial charge < -0.3 is 30.8 Å². The second-order valence-corrected chi connectivity index (χ2v) is 7.04. The number of aliphatic carboxylic acids is 1. The highest BCUT2D eigenvalue weighted by atomic mass is 32.1. The smallest absolute Gasteiger partial charge is 0.430 e. The molecule has 0 aliphatic carbocycles. The van der Waals surface area contributed by atoms with E-state index in [4.69, 9.17) is 19.4 Å². The summed E-state index contributed by atoms with van der Waals surface area (Å²) >= 11 is 1.21. The van der Waals surface area contributed by atoms with E-state index in [0.29, 0.717) is 25.9 Å². The Bertz CT molecular complexity index is 773. The summed E-state index contributed by atoms with van der Waals surface area (Å²) < 4.78 is 72.0. The molecule has 0 aliphatic rings. The van der Waals surface area contributed by atoms with E-state index in [0.717, 1.165) is 4.88 Å². The molecule has 1 aromatic heterocycles. The summed E-state index contributed by atoms with van der Waals surface area (Å²) in [6, 6.07) is 1.63. The van der Waals surface area contributed by atoms with Crippen molar-refractivity contribution in [2.45, 2.75) is 25.9 Å². The van der Waals surface area contributed by atoms with Crippen molar-refractivity contribution in [3.05, 3.63) is 22.6 Å². The van der Waals surface area contributed by atoms with Gasteiger partial charge in [-0.15, -0.1) is 11.3 Å². The molecular weight excluding hydrogens is 423 g/mol. The quantitative estimate of drug-likeness (QED) is 0.462. The lowest BCUT2D eigenvalue weighted by molar-refractivity contribution is -0.369. The molecule has 0 aliphatic heterocycles. The van der Waals surface area contributed by atoms with Crippen LogP contribution in [0.25, 0.3) is 10.1 Å². The third-order valence-electron chi connectivity index (χ3n) is 3.41. The molecule has 2 aromatic rings. The summed E-state index contributed by atoms with van der Waals surface area (Å²) in [4.78, 5) is 9.62. The van der Waals surface area contributed by atoms with Crippen LogP contribution in [0, 0.1) is 18.6 Å². The Hall–Kier alpha value is -2.18. The first-order valence-corrected chi connectivity index (χ1v) is 9.39. The normalized spacial score (nSPS) is 11.2. The van der Waals surface area contributed by atoms with E-state index in [1.165, 1.54) is 11.3 Å². The Labute approximate surface area is 167 Å². The van der Waals surface area contributed by atoms with Gasteiger partial charge in [0.25, 0.3) is 0 Å². The molecule has 0 atom stereocenters. The Morgan fingerprint density at radius 3 is 1.93 bits per heavy atom. The number of aryl methyl sites for hydroxylation is 1. The van der Waals surface area contributed by atoms with Gasteiger partial charge in [0, 0.05) is 23.1 Å². The SMILES string of the molecule is Cc1cc2c(F)c(OCCC[NH3+])c(OCCC[NH3+])c(F)c2s1.O=C([O-])C(F)(F)F. The van der Waals surface area contributed by atoms with Crippen LogP contribution in [0.2, 0.25) is 0 Å². The van der Waals surface area contributed by atoms with Gasteiger partial charge in [-0.3, -0.25) is 0 Å². The van der Waals surface area contributed by atoms with E-state index in [-0.39, 0.29) is 34.8 Å². The first-order valence-electron chi connectivity index (χ1n) is 8.57. The number of hydrogen-bond acceptors (Lipinski definition) is 5. The number of halogens is 5. The van der Waals surface area contributed by atoms with Crippen molar-refractivity contribution in [2.75, 3.05) is 26.3 Å². The van der Waals surface area contributed by atoms with Crippen molar-refractivity contribution in [1.82, 2.24) is 0 Å². The second kappa shape index (κ2) is 11.1. The zero-order valence-electron chi connectivity index (χ0n) is 15.7. The standard InChI is InChI=1S/C15H20F2N2O2S.C2HF3O2/c1-9-8-10-11(16)13(20-6-2-4-18)14(21-7-3-5-19)12(17)15(10)22-9;3-2(4,5)1(6)7/h8H,2-7,18-19H2,1H3;(H,6,7)/p+1. The molecule has 0 bridgehead atoms. The molecule has 0 amide bonds. The zero-order valence-corrected chi connectivity index (χ0v) is 16.5. The van der Waals surface area contributed by atoms with E-state index < -0.39 is 23.8 Å². The Morgan fingerprint density at radius 2 is 1.52 bits per heavy atom. The third-order valence-corrected chi connectivity index (χ3v) is 4.45. The molecule has 1 aromatic carbocycles. The fourth-order valence-electron chi connectivity index (χ4n) is 2.08. The van der Waals surface area contributed by atoms with Crippen molar-refractivity contribution in [3.8, 4) is 11.5 Å². The lowest BCUT2D eigenvalue weighted by Crippen LogP contribution is -2.50. The summed E-state index contributed by atoms with van der Waals surface area (Å²) in [5.41, 5.74) is 7.42. The minimum absolute atomic E-state index is 0.135. The Kier molecular flexibility index (Phi) is 9.53. The molecular formula is C17H22F5N2O4S+. The minimum Gasteiger partial charge on any atom is -0.542 e. The molecule has 1 heterocycles. The summed E-state index contributed by atoms with van der Waals surface area (Å²) in [6.45, 7) is 3.71. The van der Waals surface area contributed by atoms with Crippen molar-refractivity contribution >= 4 is 27.4 Å². The van der Waals surface area contributed by atoms with Gasteiger partial charge in [0.1, 0.15) is 5.97 Å². The van der Waals surface area contributed by atoms with Crippen LogP contribution in [-0.2, 0) is 4.79 Å². The molecule has 6 nitrogen and oxygen atoms in total. The molecule has 0 unspecified atom stereocenters. The van der Waals surface area contributed by atoms with Crippen LogP contribution in [-0.4, -0.2) is 38.4 Å². The number of ether oxygens (including phenoxy) is 2. The van der Waals surface area contributed by atoms with E-state index in [1.54, 1.807) is 6.07 Å². The van der Waals surface area contributed by atoms with Crippen LogP contribution in [0.15, 0.2) is 6.07 Å². The fraction of sp³-hybridized carbons (Fsp3) is 0.471. The molecule has 164 valence electrons. The second-order valence-electron chi connectivity index (χ2n) is 5.78.